The summed E-state index contributed by atoms with van der Waals surface area (Å²) in [5, 5.41) is 14.8. The Morgan fingerprint density at radius 2 is 1.70 bits per heavy atom. The lowest BCUT2D eigenvalue weighted by Crippen LogP contribution is -2.48. The minimum atomic E-state index is -1.82. The number of fused-ring (bicyclic) bond motifs is 3. The second-order valence-corrected chi connectivity index (χ2v) is 6.50. The average Bonchev–Trinajstić information content (AvgIpc) is 3.01. The zero-order valence-corrected chi connectivity index (χ0v) is 14.6. The number of carboxylic acid groups (broad SMARTS) is 2. The highest BCUT2D eigenvalue weighted by molar-refractivity contribution is 6.27. The van der Waals surface area contributed by atoms with Gasteiger partial charge in [-0.15, -0.1) is 6.42 Å². The molecule has 2 aliphatic heterocycles. The molecule has 2 heterocycles. The van der Waals surface area contributed by atoms with Gasteiger partial charge in [-0.2, -0.15) is 0 Å². The molecule has 2 aliphatic rings. The maximum atomic E-state index is 9.10. The number of aliphatic carboxylic acids is 2. The van der Waals surface area contributed by atoms with E-state index in [4.69, 9.17) is 31.0 Å². The Morgan fingerprint density at radius 1 is 1.07 bits per heavy atom. The highest BCUT2D eigenvalue weighted by Gasteiger charge is 2.45. The van der Waals surface area contributed by atoms with Crippen LogP contribution in [0.4, 0.5) is 0 Å². The summed E-state index contributed by atoms with van der Waals surface area (Å²) in [6.07, 6.45) is 6.44. The number of hydrogen-bond donors (Lipinski definition) is 2. The van der Waals surface area contributed by atoms with E-state index in [1.54, 1.807) is 0 Å². The number of terminal acetylenes is 1. The van der Waals surface area contributed by atoms with Gasteiger partial charge in [-0.05, 0) is 17.2 Å². The van der Waals surface area contributed by atoms with Gasteiger partial charge in [0.15, 0.2) is 5.60 Å². The summed E-state index contributed by atoms with van der Waals surface area (Å²) in [6.45, 7) is 2.42. The van der Waals surface area contributed by atoms with Crippen LogP contribution in [0.1, 0.15) is 16.7 Å². The van der Waals surface area contributed by atoms with Gasteiger partial charge in [0.05, 0.1) is 6.54 Å². The standard InChI is InChI=1S/C19H17NO.C2H2O4/c1-2-11-20-13-16-8-3-5-9-17(16)19(14-20)12-15-7-4-6-10-18(15)21-19;3-1(4)2(5)6/h1,3-10H,11-14H2;(H,3,4)(H,5,6). The smallest absolute Gasteiger partial charge is 0.414 e. The van der Waals surface area contributed by atoms with Gasteiger partial charge in [0.25, 0.3) is 0 Å². The SMILES string of the molecule is C#CCN1Cc2ccccc2C2(Cc3ccccc3O2)C1.O=C(O)C(=O)O. The Bertz CT molecular complexity index is 878. The minimum absolute atomic E-state index is 0.282. The fourth-order valence-electron chi connectivity index (χ4n) is 3.63. The van der Waals surface area contributed by atoms with Crippen molar-refractivity contribution >= 4 is 11.9 Å². The Labute approximate surface area is 157 Å². The molecule has 27 heavy (non-hydrogen) atoms. The van der Waals surface area contributed by atoms with Crippen LogP contribution < -0.4 is 4.74 Å². The molecule has 2 aromatic carbocycles. The number of benzene rings is 2. The van der Waals surface area contributed by atoms with Crippen LogP contribution >= 0.6 is 0 Å². The third kappa shape index (κ3) is 3.78. The average molecular weight is 365 g/mol. The van der Waals surface area contributed by atoms with Crippen molar-refractivity contribution in [3.63, 3.8) is 0 Å². The van der Waals surface area contributed by atoms with E-state index in [1.165, 1.54) is 16.7 Å². The van der Waals surface area contributed by atoms with E-state index in [1.807, 2.05) is 6.07 Å². The van der Waals surface area contributed by atoms with Gasteiger partial charge in [-0.1, -0.05) is 48.4 Å². The van der Waals surface area contributed by atoms with Crippen LogP contribution in [0.5, 0.6) is 5.75 Å². The maximum Gasteiger partial charge on any atom is 0.414 e. The Kier molecular flexibility index (Phi) is 5.15. The van der Waals surface area contributed by atoms with Crippen molar-refractivity contribution in [1.82, 2.24) is 4.90 Å². The lowest BCUT2D eigenvalue weighted by atomic mass is 9.82. The highest BCUT2D eigenvalue weighted by atomic mass is 16.5. The molecule has 0 saturated heterocycles. The first-order chi connectivity index (χ1) is 12.9. The number of para-hydroxylation sites is 1. The van der Waals surface area contributed by atoms with Crippen LogP contribution in [0.15, 0.2) is 48.5 Å². The van der Waals surface area contributed by atoms with E-state index in [0.29, 0.717) is 6.54 Å². The molecule has 6 heteroatoms. The van der Waals surface area contributed by atoms with Crippen LogP contribution in [0.2, 0.25) is 0 Å². The van der Waals surface area contributed by atoms with Gasteiger partial charge in [0.2, 0.25) is 0 Å². The van der Waals surface area contributed by atoms with Gasteiger partial charge in [-0.3, -0.25) is 4.90 Å². The first-order valence-electron chi connectivity index (χ1n) is 8.42. The van der Waals surface area contributed by atoms with E-state index < -0.39 is 11.9 Å². The quantitative estimate of drug-likeness (QED) is 0.595. The fourth-order valence-corrected chi connectivity index (χ4v) is 3.63. The summed E-state index contributed by atoms with van der Waals surface area (Å²) < 4.78 is 6.43. The lowest BCUT2D eigenvalue weighted by Gasteiger charge is -2.40. The van der Waals surface area contributed by atoms with Crippen molar-refractivity contribution < 1.29 is 24.5 Å². The first-order valence-corrected chi connectivity index (χ1v) is 8.42. The molecule has 1 unspecified atom stereocenters. The molecule has 138 valence electrons. The summed E-state index contributed by atoms with van der Waals surface area (Å²) in [6, 6.07) is 16.9. The number of hydrogen-bond acceptors (Lipinski definition) is 4. The molecule has 2 N–H and O–H groups in total. The molecule has 0 aromatic heterocycles. The Hall–Kier alpha value is -3.30. The molecule has 0 amide bonds. The number of rotatable bonds is 1. The van der Waals surface area contributed by atoms with Gasteiger partial charge in [-0.25, -0.2) is 9.59 Å². The number of nitrogens with zero attached hydrogens (tertiary/aromatic N) is 1. The zero-order valence-electron chi connectivity index (χ0n) is 14.6. The third-order valence-corrected chi connectivity index (χ3v) is 4.63. The molecular formula is C21H19NO5. The predicted molar refractivity (Wildman–Crippen MR) is 98.3 cm³/mol. The molecule has 0 aliphatic carbocycles. The van der Waals surface area contributed by atoms with Crippen molar-refractivity contribution in [2.45, 2.75) is 18.6 Å². The van der Waals surface area contributed by atoms with Crippen molar-refractivity contribution in [1.29, 1.82) is 0 Å². The van der Waals surface area contributed by atoms with Crippen LogP contribution in [0.3, 0.4) is 0 Å². The molecule has 0 fully saturated rings. The highest BCUT2D eigenvalue weighted by Crippen LogP contribution is 2.45. The number of carbonyl (C=O) groups is 2. The van der Waals surface area contributed by atoms with Crippen molar-refractivity contribution in [2.75, 3.05) is 13.1 Å². The topological polar surface area (TPSA) is 87.1 Å². The van der Waals surface area contributed by atoms with Gasteiger partial charge < -0.3 is 14.9 Å². The van der Waals surface area contributed by atoms with E-state index >= 15 is 0 Å². The van der Waals surface area contributed by atoms with Crippen molar-refractivity contribution in [3.05, 3.63) is 65.2 Å². The van der Waals surface area contributed by atoms with Crippen molar-refractivity contribution in [3.8, 4) is 18.1 Å². The minimum Gasteiger partial charge on any atom is -0.481 e. The summed E-state index contributed by atoms with van der Waals surface area (Å²) in [5.74, 6) is 0.127. The molecule has 0 saturated carbocycles. The van der Waals surface area contributed by atoms with E-state index in [-0.39, 0.29) is 5.60 Å². The summed E-state index contributed by atoms with van der Waals surface area (Å²) in [7, 11) is 0. The molecule has 1 atom stereocenters. The molecular weight excluding hydrogens is 346 g/mol. The Balaban J connectivity index is 0.000000307. The second-order valence-electron chi connectivity index (χ2n) is 6.50. The maximum absolute atomic E-state index is 9.10. The van der Waals surface area contributed by atoms with E-state index in [2.05, 4.69) is 53.3 Å². The van der Waals surface area contributed by atoms with E-state index in [9.17, 15) is 0 Å². The molecule has 0 radical (unpaired) electrons. The monoisotopic (exact) mass is 365 g/mol. The number of ether oxygens (including phenoxy) is 1. The van der Waals surface area contributed by atoms with Crippen LogP contribution in [0, 0.1) is 12.3 Å². The molecule has 2 aromatic rings. The van der Waals surface area contributed by atoms with E-state index in [0.717, 1.165) is 25.3 Å². The largest absolute Gasteiger partial charge is 0.481 e. The van der Waals surface area contributed by atoms with Crippen molar-refractivity contribution in [2.24, 2.45) is 0 Å². The number of carboxylic acids is 2. The summed E-state index contributed by atoms with van der Waals surface area (Å²) in [5.41, 5.74) is 3.64. The van der Waals surface area contributed by atoms with Crippen LogP contribution in [-0.2, 0) is 28.2 Å². The lowest BCUT2D eigenvalue weighted by molar-refractivity contribution is -0.159. The normalized spacial score (nSPS) is 19.7. The Morgan fingerprint density at radius 3 is 2.33 bits per heavy atom. The third-order valence-electron chi connectivity index (χ3n) is 4.63. The van der Waals surface area contributed by atoms with Gasteiger partial charge in [0.1, 0.15) is 5.75 Å². The van der Waals surface area contributed by atoms with Gasteiger partial charge in [0, 0.05) is 25.1 Å². The molecule has 6 nitrogen and oxygen atoms in total. The van der Waals surface area contributed by atoms with Crippen LogP contribution in [0.25, 0.3) is 0 Å². The second kappa shape index (κ2) is 7.52. The summed E-state index contributed by atoms with van der Waals surface area (Å²) in [4.78, 5) is 20.5. The fraction of sp³-hybridized carbons (Fsp3) is 0.238. The molecule has 4 rings (SSSR count). The predicted octanol–water partition coefficient (Wildman–Crippen LogP) is 2.12. The van der Waals surface area contributed by atoms with Crippen LogP contribution in [-0.4, -0.2) is 40.1 Å². The first kappa shape index (κ1) is 18.5. The van der Waals surface area contributed by atoms with Gasteiger partial charge >= 0.3 is 11.9 Å². The molecule has 1 spiro atoms. The molecule has 0 bridgehead atoms. The summed E-state index contributed by atoms with van der Waals surface area (Å²) >= 11 is 0. The zero-order chi connectivity index (χ0) is 19.4.